The smallest absolute Gasteiger partial charge is 0.189 e. The third-order valence-electron chi connectivity index (χ3n) is 6.85. The van der Waals surface area contributed by atoms with Crippen LogP contribution in [0.2, 0.25) is 0 Å². The van der Waals surface area contributed by atoms with Crippen LogP contribution in [0.3, 0.4) is 0 Å². The molecule has 1 saturated heterocycles. The topological polar surface area (TPSA) is 55.8 Å². The van der Waals surface area contributed by atoms with Gasteiger partial charge in [0.25, 0.3) is 0 Å². The van der Waals surface area contributed by atoms with Crippen molar-refractivity contribution in [1.29, 1.82) is 0 Å². The van der Waals surface area contributed by atoms with Crippen LogP contribution in [0.25, 0.3) is 0 Å². The summed E-state index contributed by atoms with van der Waals surface area (Å²) in [5.74, 6) is -0.611. The van der Waals surface area contributed by atoms with Crippen LogP contribution in [0.5, 0.6) is 0 Å². The van der Waals surface area contributed by atoms with Gasteiger partial charge in [-0.1, -0.05) is 58.3 Å². The number of hydrogen-bond acceptors (Lipinski definition) is 4. The first kappa shape index (κ1) is 22.7. The first-order valence-electron chi connectivity index (χ1n) is 12.0. The number of aliphatic hydroxyl groups is 1. The van der Waals surface area contributed by atoms with Crippen molar-refractivity contribution >= 4 is 5.78 Å². The molecule has 4 heteroatoms. The van der Waals surface area contributed by atoms with E-state index in [-0.39, 0.29) is 30.5 Å². The molecule has 0 aromatic carbocycles. The SMILES string of the molecule is CCCCCCCCCC[C@@H]1CCC[C@]2(C=C(CO)[C@H]3CC(=O)C(C)=C[C@H]3O2)O1. The Kier molecular flexibility index (Phi) is 8.52. The van der Waals surface area contributed by atoms with Crippen LogP contribution in [0, 0.1) is 5.92 Å². The van der Waals surface area contributed by atoms with Gasteiger partial charge in [0.2, 0.25) is 0 Å². The summed E-state index contributed by atoms with van der Waals surface area (Å²) in [5, 5.41) is 9.93. The minimum absolute atomic E-state index is 0.0293. The number of hydrogen-bond donors (Lipinski definition) is 1. The Morgan fingerprint density at radius 2 is 1.83 bits per heavy atom. The van der Waals surface area contributed by atoms with Crippen molar-refractivity contribution in [2.45, 2.75) is 115 Å². The highest BCUT2D eigenvalue weighted by Crippen LogP contribution is 2.43. The van der Waals surface area contributed by atoms with Gasteiger partial charge in [-0.15, -0.1) is 0 Å². The van der Waals surface area contributed by atoms with Crippen LogP contribution >= 0.6 is 0 Å². The van der Waals surface area contributed by atoms with E-state index in [1.165, 1.54) is 51.4 Å². The summed E-state index contributed by atoms with van der Waals surface area (Å²) < 4.78 is 12.9. The van der Waals surface area contributed by atoms with E-state index in [1.54, 1.807) is 0 Å². The highest BCUT2D eigenvalue weighted by molar-refractivity contribution is 5.96. The maximum Gasteiger partial charge on any atom is 0.189 e. The van der Waals surface area contributed by atoms with Crippen LogP contribution in [0.15, 0.2) is 23.3 Å². The fourth-order valence-electron chi connectivity index (χ4n) is 5.09. The number of Topliss-reactive ketones (excluding diaryl/α,β-unsaturated/α-hetero) is 1. The van der Waals surface area contributed by atoms with Gasteiger partial charge in [0.15, 0.2) is 11.6 Å². The van der Waals surface area contributed by atoms with E-state index in [0.29, 0.717) is 6.42 Å². The lowest BCUT2D eigenvalue weighted by Gasteiger charge is -2.47. The quantitative estimate of drug-likeness (QED) is 0.378. The van der Waals surface area contributed by atoms with Gasteiger partial charge in [0, 0.05) is 18.8 Å². The summed E-state index contributed by atoms with van der Waals surface area (Å²) >= 11 is 0. The van der Waals surface area contributed by atoms with Crippen molar-refractivity contribution < 1.29 is 19.4 Å². The summed E-state index contributed by atoms with van der Waals surface area (Å²) in [6.45, 7) is 4.09. The zero-order chi connectivity index (χ0) is 20.7. The van der Waals surface area contributed by atoms with E-state index >= 15 is 0 Å². The monoisotopic (exact) mass is 404 g/mol. The predicted octanol–water partition coefficient (Wildman–Crippen LogP) is 5.64. The molecule has 29 heavy (non-hydrogen) atoms. The summed E-state index contributed by atoms with van der Waals surface area (Å²) in [6.07, 6.45) is 19.1. The van der Waals surface area contributed by atoms with Crippen LogP contribution in [0.4, 0.5) is 0 Å². The van der Waals surface area contributed by atoms with E-state index < -0.39 is 5.79 Å². The number of carbonyl (C=O) groups excluding carboxylic acids is 1. The molecule has 164 valence electrons. The maximum atomic E-state index is 12.1. The van der Waals surface area contributed by atoms with E-state index in [4.69, 9.17) is 9.47 Å². The Morgan fingerprint density at radius 1 is 1.10 bits per heavy atom. The predicted molar refractivity (Wildman–Crippen MR) is 116 cm³/mol. The fraction of sp³-hybridized carbons (Fsp3) is 0.800. The van der Waals surface area contributed by atoms with Gasteiger partial charge in [-0.05, 0) is 49.5 Å². The Hall–Kier alpha value is -0.970. The first-order valence-corrected chi connectivity index (χ1v) is 12.0. The van der Waals surface area contributed by atoms with E-state index in [0.717, 1.165) is 36.8 Å². The zero-order valence-corrected chi connectivity index (χ0v) is 18.5. The van der Waals surface area contributed by atoms with Crippen LogP contribution in [-0.4, -0.2) is 35.5 Å². The second kappa shape index (κ2) is 10.9. The molecule has 1 N–H and O–H groups in total. The van der Waals surface area contributed by atoms with Gasteiger partial charge in [0.05, 0.1) is 18.8 Å². The van der Waals surface area contributed by atoms with Crippen molar-refractivity contribution in [3.8, 4) is 0 Å². The van der Waals surface area contributed by atoms with E-state index in [2.05, 4.69) is 6.92 Å². The largest absolute Gasteiger partial charge is 0.392 e. The minimum Gasteiger partial charge on any atom is -0.392 e. The normalized spacial score (nSPS) is 32.1. The average molecular weight is 405 g/mol. The Balaban J connectivity index is 1.51. The fourth-order valence-corrected chi connectivity index (χ4v) is 5.09. The standard InChI is InChI=1S/C25H40O4/c1-3-4-5-6-7-8-9-10-12-21-13-11-14-25(28-21)17-20(18-26)22-16-23(27)19(2)15-24(22)29-25/h15,17,21-22,24,26H,3-14,16,18H2,1-2H3/t21-,22-,24-,25+/m1/s1. The van der Waals surface area contributed by atoms with Gasteiger partial charge in [-0.3, -0.25) is 4.79 Å². The van der Waals surface area contributed by atoms with Crippen molar-refractivity contribution in [2.24, 2.45) is 5.92 Å². The third-order valence-corrected chi connectivity index (χ3v) is 6.85. The summed E-state index contributed by atoms with van der Waals surface area (Å²) in [6, 6.07) is 0. The summed E-state index contributed by atoms with van der Waals surface area (Å²) in [5.41, 5.74) is 1.68. The van der Waals surface area contributed by atoms with Gasteiger partial charge < -0.3 is 14.6 Å². The third kappa shape index (κ3) is 6.02. The molecule has 1 aliphatic carbocycles. The molecule has 0 bridgehead atoms. The number of aliphatic hydroxyl groups excluding tert-OH is 1. The highest BCUT2D eigenvalue weighted by atomic mass is 16.7. The molecule has 3 aliphatic rings. The molecule has 0 unspecified atom stereocenters. The van der Waals surface area contributed by atoms with Crippen LogP contribution in [-0.2, 0) is 14.3 Å². The first-order chi connectivity index (χ1) is 14.1. The number of ether oxygens (including phenoxy) is 2. The summed E-state index contributed by atoms with van der Waals surface area (Å²) in [7, 11) is 0. The number of rotatable bonds is 10. The highest BCUT2D eigenvalue weighted by Gasteiger charge is 2.46. The molecule has 0 aromatic rings. The van der Waals surface area contributed by atoms with Crippen LogP contribution < -0.4 is 0 Å². The number of ketones is 1. The second-order valence-electron chi connectivity index (χ2n) is 9.25. The molecule has 0 radical (unpaired) electrons. The molecule has 2 aliphatic heterocycles. The van der Waals surface area contributed by atoms with E-state index in [9.17, 15) is 9.90 Å². The molecule has 0 aromatic heterocycles. The molecule has 1 fully saturated rings. The molecule has 2 heterocycles. The molecule has 0 saturated carbocycles. The lowest BCUT2D eigenvalue weighted by Crippen LogP contribution is -2.50. The number of carbonyl (C=O) groups is 1. The summed E-state index contributed by atoms with van der Waals surface area (Å²) in [4.78, 5) is 12.1. The Labute approximate surface area is 176 Å². The number of unbranched alkanes of at least 4 members (excludes halogenated alkanes) is 7. The Morgan fingerprint density at radius 3 is 2.55 bits per heavy atom. The lowest BCUT2D eigenvalue weighted by molar-refractivity contribution is -0.275. The van der Waals surface area contributed by atoms with Crippen molar-refractivity contribution in [2.75, 3.05) is 6.61 Å². The molecule has 4 nitrogen and oxygen atoms in total. The van der Waals surface area contributed by atoms with Gasteiger partial charge >= 0.3 is 0 Å². The molecule has 0 amide bonds. The van der Waals surface area contributed by atoms with Gasteiger partial charge in [-0.25, -0.2) is 0 Å². The van der Waals surface area contributed by atoms with Crippen molar-refractivity contribution in [1.82, 2.24) is 0 Å². The molecular weight excluding hydrogens is 364 g/mol. The van der Waals surface area contributed by atoms with Gasteiger partial charge in [-0.2, -0.15) is 0 Å². The van der Waals surface area contributed by atoms with Crippen molar-refractivity contribution in [3.63, 3.8) is 0 Å². The molecule has 4 atom stereocenters. The molecule has 1 spiro atoms. The maximum absolute atomic E-state index is 12.1. The minimum atomic E-state index is -0.723. The molecule has 3 rings (SSSR count). The Bertz CT molecular complexity index is 608. The zero-order valence-electron chi connectivity index (χ0n) is 18.5. The number of fused-ring (bicyclic) bond motifs is 1. The van der Waals surface area contributed by atoms with Crippen LogP contribution in [0.1, 0.15) is 97.3 Å². The average Bonchev–Trinajstić information content (AvgIpc) is 2.71. The second-order valence-corrected chi connectivity index (χ2v) is 9.25. The lowest BCUT2D eigenvalue weighted by atomic mass is 9.78. The van der Waals surface area contributed by atoms with Gasteiger partial charge in [0.1, 0.15) is 0 Å². The van der Waals surface area contributed by atoms with Crippen molar-refractivity contribution in [3.05, 3.63) is 23.3 Å². The van der Waals surface area contributed by atoms with E-state index in [1.807, 2.05) is 19.1 Å². The molecular formula is C25H40O4. The number of allylic oxidation sites excluding steroid dienone is 1.